The lowest BCUT2D eigenvalue weighted by atomic mass is 10.0. The molecule has 0 unspecified atom stereocenters. The molecule has 7 heteroatoms. The molecular weight excluding hydrogens is 384 g/mol. The largest absolute Gasteiger partial charge is 0.454 e. The summed E-state index contributed by atoms with van der Waals surface area (Å²) in [4.78, 5) is 29.4. The normalized spacial score (nSPS) is 13.2. The van der Waals surface area contributed by atoms with Crippen LogP contribution >= 0.6 is 0 Å². The van der Waals surface area contributed by atoms with Crippen LogP contribution in [0.3, 0.4) is 0 Å². The van der Waals surface area contributed by atoms with Crippen molar-refractivity contribution in [2.75, 3.05) is 13.4 Å². The van der Waals surface area contributed by atoms with Crippen LogP contribution in [-0.2, 0) is 9.53 Å². The molecule has 1 amide bonds. The third-order valence-electron chi connectivity index (χ3n) is 5.15. The van der Waals surface area contributed by atoms with Gasteiger partial charge in [0.25, 0.3) is 5.91 Å². The summed E-state index contributed by atoms with van der Waals surface area (Å²) in [6, 6.07) is 12.8. The molecule has 0 aliphatic carbocycles. The number of ether oxygens (including phenoxy) is 3. The molecule has 0 spiro atoms. The number of para-hydroxylation sites is 1. The zero-order chi connectivity index (χ0) is 21.3. The molecule has 3 aromatic rings. The first-order valence-electron chi connectivity index (χ1n) is 9.66. The maximum absolute atomic E-state index is 12.6. The van der Waals surface area contributed by atoms with Gasteiger partial charge < -0.3 is 19.5 Å². The molecule has 1 N–H and O–H groups in total. The molecule has 0 saturated carbocycles. The van der Waals surface area contributed by atoms with E-state index in [-0.39, 0.29) is 19.4 Å². The first-order valence-corrected chi connectivity index (χ1v) is 9.66. The van der Waals surface area contributed by atoms with Gasteiger partial charge in [-0.05, 0) is 50.1 Å². The molecule has 0 bridgehead atoms. The number of rotatable bonds is 5. The van der Waals surface area contributed by atoms with E-state index in [4.69, 9.17) is 14.2 Å². The van der Waals surface area contributed by atoms with Crippen molar-refractivity contribution in [3.8, 4) is 11.5 Å². The highest BCUT2D eigenvalue weighted by atomic mass is 16.7. The number of amides is 1. The zero-order valence-corrected chi connectivity index (χ0v) is 17.0. The lowest BCUT2D eigenvalue weighted by molar-refractivity contribution is -0.124. The summed E-state index contributed by atoms with van der Waals surface area (Å²) >= 11 is 0. The lowest BCUT2D eigenvalue weighted by Gasteiger charge is -2.16. The van der Waals surface area contributed by atoms with E-state index in [2.05, 4.69) is 10.3 Å². The fraction of sp³-hybridized carbons (Fsp3) is 0.261. The number of nitrogens with one attached hydrogen (secondary N) is 1. The molecule has 1 aromatic heterocycles. The molecule has 4 rings (SSSR count). The Morgan fingerprint density at radius 1 is 1.13 bits per heavy atom. The van der Waals surface area contributed by atoms with Crippen LogP contribution in [0.4, 0.5) is 0 Å². The summed E-state index contributed by atoms with van der Waals surface area (Å²) in [6.07, 6.45) is 0. The molecule has 1 atom stereocenters. The SMILES string of the molecule is Cc1nc2ccccc2c(C)c1C(=O)OCC(=O)N[C@@H](C)c1ccc2c(c1)OCO2. The van der Waals surface area contributed by atoms with Gasteiger partial charge in [-0.3, -0.25) is 9.78 Å². The number of carbonyl (C=O) groups is 2. The summed E-state index contributed by atoms with van der Waals surface area (Å²) in [7, 11) is 0. The minimum absolute atomic E-state index is 0.192. The third-order valence-corrected chi connectivity index (χ3v) is 5.15. The monoisotopic (exact) mass is 406 g/mol. The molecule has 2 heterocycles. The molecule has 7 nitrogen and oxygen atoms in total. The second kappa shape index (κ2) is 8.02. The highest BCUT2D eigenvalue weighted by Crippen LogP contribution is 2.34. The highest BCUT2D eigenvalue weighted by Gasteiger charge is 2.20. The van der Waals surface area contributed by atoms with Crippen molar-refractivity contribution in [3.63, 3.8) is 0 Å². The second-order valence-corrected chi connectivity index (χ2v) is 7.19. The van der Waals surface area contributed by atoms with E-state index in [0.29, 0.717) is 22.8 Å². The van der Waals surface area contributed by atoms with Gasteiger partial charge in [-0.1, -0.05) is 24.3 Å². The highest BCUT2D eigenvalue weighted by molar-refractivity contribution is 5.99. The lowest BCUT2D eigenvalue weighted by Crippen LogP contribution is -2.31. The predicted octanol–water partition coefficient (Wildman–Crippen LogP) is 3.61. The van der Waals surface area contributed by atoms with Crippen LogP contribution < -0.4 is 14.8 Å². The quantitative estimate of drug-likeness (QED) is 0.652. The smallest absolute Gasteiger partial charge is 0.340 e. The van der Waals surface area contributed by atoms with E-state index in [9.17, 15) is 9.59 Å². The third kappa shape index (κ3) is 3.78. The van der Waals surface area contributed by atoms with Crippen molar-refractivity contribution in [2.45, 2.75) is 26.8 Å². The fourth-order valence-electron chi connectivity index (χ4n) is 3.58. The Bertz CT molecular complexity index is 1140. The molecule has 0 saturated heterocycles. The maximum atomic E-state index is 12.6. The van der Waals surface area contributed by atoms with Crippen molar-refractivity contribution in [1.82, 2.24) is 10.3 Å². The number of nitrogens with zero attached hydrogens (tertiary/aromatic N) is 1. The minimum atomic E-state index is -0.561. The molecule has 1 aliphatic rings. The fourth-order valence-corrected chi connectivity index (χ4v) is 3.58. The molecular formula is C23H22N2O5. The molecule has 154 valence electrons. The predicted molar refractivity (Wildman–Crippen MR) is 111 cm³/mol. The van der Waals surface area contributed by atoms with Gasteiger partial charge in [0, 0.05) is 5.39 Å². The van der Waals surface area contributed by atoms with Gasteiger partial charge in [-0.25, -0.2) is 4.79 Å². The van der Waals surface area contributed by atoms with Crippen molar-refractivity contribution in [3.05, 3.63) is 64.8 Å². The number of aryl methyl sites for hydroxylation is 2. The summed E-state index contributed by atoms with van der Waals surface area (Å²) in [6.45, 7) is 5.28. The van der Waals surface area contributed by atoms with Gasteiger partial charge in [0.05, 0.1) is 22.8 Å². The molecule has 0 fully saturated rings. The molecule has 0 radical (unpaired) electrons. The maximum Gasteiger partial charge on any atom is 0.340 e. The van der Waals surface area contributed by atoms with Gasteiger partial charge in [0.15, 0.2) is 18.1 Å². The Morgan fingerprint density at radius 3 is 2.73 bits per heavy atom. The Morgan fingerprint density at radius 2 is 1.90 bits per heavy atom. The van der Waals surface area contributed by atoms with Crippen LogP contribution in [0.15, 0.2) is 42.5 Å². The van der Waals surface area contributed by atoms with Crippen LogP contribution in [0, 0.1) is 13.8 Å². The van der Waals surface area contributed by atoms with Crippen molar-refractivity contribution in [2.24, 2.45) is 0 Å². The number of carbonyl (C=O) groups excluding carboxylic acids is 2. The van der Waals surface area contributed by atoms with Crippen LogP contribution in [0.1, 0.15) is 40.1 Å². The van der Waals surface area contributed by atoms with Gasteiger partial charge in [-0.2, -0.15) is 0 Å². The van der Waals surface area contributed by atoms with Crippen LogP contribution in [0.5, 0.6) is 11.5 Å². The number of pyridine rings is 1. The van der Waals surface area contributed by atoms with E-state index < -0.39 is 11.9 Å². The number of esters is 1. The second-order valence-electron chi connectivity index (χ2n) is 7.19. The topological polar surface area (TPSA) is 86.8 Å². The van der Waals surface area contributed by atoms with E-state index in [1.54, 1.807) is 13.0 Å². The van der Waals surface area contributed by atoms with Crippen molar-refractivity contribution in [1.29, 1.82) is 0 Å². The zero-order valence-electron chi connectivity index (χ0n) is 17.0. The standard InChI is InChI=1S/C23H22N2O5/c1-13-17-6-4-5-7-18(17)24-15(3)22(13)23(27)28-11-21(26)25-14(2)16-8-9-19-20(10-16)30-12-29-19/h4-10,14H,11-12H2,1-3H3,(H,25,26)/t14-/m0/s1. The Balaban J connectivity index is 1.40. The first kappa shape index (κ1) is 19.7. The van der Waals surface area contributed by atoms with Crippen LogP contribution in [-0.4, -0.2) is 30.3 Å². The summed E-state index contributed by atoms with van der Waals surface area (Å²) < 4.78 is 15.9. The van der Waals surface area contributed by atoms with E-state index >= 15 is 0 Å². The van der Waals surface area contributed by atoms with Gasteiger partial charge in [0.1, 0.15) is 0 Å². The van der Waals surface area contributed by atoms with Gasteiger partial charge in [0.2, 0.25) is 6.79 Å². The number of hydrogen-bond acceptors (Lipinski definition) is 6. The van der Waals surface area contributed by atoms with Gasteiger partial charge in [-0.15, -0.1) is 0 Å². The van der Waals surface area contributed by atoms with E-state index in [1.165, 1.54) is 0 Å². The Kier molecular flexibility index (Phi) is 5.27. The average molecular weight is 406 g/mol. The van der Waals surface area contributed by atoms with E-state index in [0.717, 1.165) is 22.0 Å². The Hall–Kier alpha value is -3.61. The van der Waals surface area contributed by atoms with Crippen LogP contribution in [0.2, 0.25) is 0 Å². The molecule has 2 aromatic carbocycles. The number of aromatic nitrogens is 1. The Labute approximate surface area is 174 Å². The number of fused-ring (bicyclic) bond motifs is 2. The molecule has 30 heavy (non-hydrogen) atoms. The summed E-state index contributed by atoms with van der Waals surface area (Å²) in [5.74, 6) is 0.377. The molecule has 1 aliphatic heterocycles. The number of hydrogen-bond donors (Lipinski definition) is 1. The van der Waals surface area contributed by atoms with Crippen molar-refractivity contribution >= 4 is 22.8 Å². The first-order chi connectivity index (χ1) is 14.4. The van der Waals surface area contributed by atoms with Crippen LogP contribution in [0.25, 0.3) is 10.9 Å². The van der Waals surface area contributed by atoms with E-state index in [1.807, 2.05) is 50.2 Å². The van der Waals surface area contributed by atoms with Crippen molar-refractivity contribution < 1.29 is 23.8 Å². The minimum Gasteiger partial charge on any atom is -0.454 e. The number of benzene rings is 2. The van der Waals surface area contributed by atoms with Gasteiger partial charge >= 0.3 is 5.97 Å². The average Bonchev–Trinajstić information content (AvgIpc) is 3.20. The summed E-state index contributed by atoms with van der Waals surface area (Å²) in [5.41, 5.74) is 3.44. The summed E-state index contributed by atoms with van der Waals surface area (Å²) in [5, 5.41) is 3.71.